The number of nitrogens with one attached hydrogen (secondary N) is 1. The molecule has 21 heavy (non-hydrogen) atoms. The van der Waals surface area contributed by atoms with E-state index in [0.717, 1.165) is 0 Å². The van der Waals surface area contributed by atoms with Gasteiger partial charge in [0.25, 0.3) is 0 Å². The number of hydrogen-bond donors (Lipinski definition) is 2. The molecule has 0 aromatic carbocycles. The van der Waals surface area contributed by atoms with Crippen LogP contribution in [-0.2, 0) is 0 Å². The van der Waals surface area contributed by atoms with Crippen LogP contribution in [0.15, 0.2) is 24.6 Å². The third kappa shape index (κ3) is 8.15. The quantitative estimate of drug-likeness (QED) is 0.412. The molecule has 0 radical (unpaired) electrons. The molecule has 1 aliphatic rings. The molecule has 0 bridgehead atoms. The summed E-state index contributed by atoms with van der Waals surface area (Å²) in [4.78, 5) is 2.21. The number of nitrogens with two attached hydrogens (primary N) is 1. The Bertz CT molecular complexity index is 297. The van der Waals surface area contributed by atoms with Gasteiger partial charge in [0.05, 0.1) is 12.3 Å². The van der Waals surface area contributed by atoms with E-state index in [1.165, 1.54) is 64.2 Å². The molecule has 0 amide bonds. The van der Waals surface area contributed by atoms with Crippen molar-refractivity contribution in [2.45, 2.75) is 90.4 Å². The van der Waals surface area contributed by atoms with Gasteiger partial charge in [-0.3, -0.25) is 0 Å². The zero-order chi connectivity index (χ0) is 15.3. The van der Waals surface area contributed by atoms with Gasteiger partial charge in [0.2, 0.25) is 0 Å². The minimum atomic E-state index is 0.0991. The highest BCUT2D eigenvalue weighted by atomic mass is 15.3. The van der Waals surface area contributed by atoms with E-state index in [-0.39, 0.29) is 6.17 Å². The summed E-state index contributed by atoms with van der Waals surface area (Å²) in [5.74, 6) is 0. The first-order chi connectivity index (χ1) is 10.3. The molecule has 2 unspecified atom stereocenters. The molecule has 0 spiro atoms. The molecule has 3 N–H and O–H groups in total. The number of allylic oxidation sites excluding steroid dienone is 2. The van der Waals surface area contributed by atoms with Crippen LogP contribution in [0.4, 0.5) is 0 Å². The van der Waals surface area contributed by atoms with Gasteiger partial charge >= 0.3 is 0 Å². The third-order valence-electron chi connectivity index (χ3n) is 4.09. The highest BCUT2D eigenvalue weighted by Crippen LogP contribution is 2.15. The van der Waals surface area contributed by atoms with E-state index < -0.39 is 0 Å². The van der Waals surface area contributed by atoms with E-state index in [1.807, 2.05) is 13.1 Å². The largest absolute Gasteiger partial charge is 0.370 e. The predicted octanol–water partition coefficient (Wildman–Crippen LogP) is 4.47. The summed E-state index contributed by atoms with van der Waals surface area (Å²) in [6.07, 6.45) is 22.4. The van der Waals surface area contributed by atoms with Crippen LogP contribution in [0.25, 0.3) is 0 Å². The lowest BCUT2D eigenvalue weighted by Crippen LogP contribution is -2.44. The Kier molecular flexibility index (Phi) is 10.1. The molecule has 0 aromatic rings. The molecule has 1 rings (SSSR count). The number of unbranched alkanes of at least 4 members (excludes halogenated alkanes) is 7. The Balaban J connectivity index is 1.89. The van der Waals surface area contributed by atoms with Crippen LogP contribution >= 0.6 is 0 Å². The van der Waals surface area contributed by atoms with Crippen molar-refractivity contribution in [2.24, 2.45) is 5.73 Å². The van der Waals surface area contributed by atoms with Crippen molar-refractivity contribution in [1.29, 1.82) is 0 Å². The first kappa shape index (κ1) is 18.1. The van der Waals surface area contributed by atoms with E-state index in [9.17, 15) is 0 Å². The first-order valence-electron chi connectivity index (χ1n) is 8.86. The van der Waals surface area contributed by atoms with E-state index in [1.54, 1.807) is 0 Å². The van der Waals surface area contributed by atoms with Gasteiger partial charge in [0.1, 0.15) is 0 Å². The van der Waals surface area contributed by atoms with Gasteiger partial charge in [-0.05, 0) is 39.0 Å². The average Bonchev–Trinajstić information content (AvgIpc) is 2.93. The van der Waals surface area contributed by atoms with Crippen molar-refractivity contribution < 1.29 is 0 Å². The van der Waals surface area contributed by atoms with Gasteiger partial charge in [-0.2, -0.15) is 0 Å². The van der Waals surface area contributed by atoms with Crippen molar-refractivity contribution in [2.75, 3.05) is 0 Å². The number of hydrogen-bond acceptors (Lipinski definition) is 3. The van der Waals surface area contributed by atoms with Gasteiger partial charge in [0, 0.05) is 12.4 Å². The lowest BCUT2D eigenvalue weighted by molar-refractivity contribution is 0.208. The normalized spacial score (nSPS) is 19.4. The van der Waals surface area contributed by atoms with Gasteiger partial charge in [0.15, 0.2) is 0 Å². The summed E-state index contributed by atoms with van der Waals surface area (Å²) < 4.78 is 0. The maximum atomic E-state index is 5.95. The molecule has 2 atom stereocenters. The summed E-state index contributed by atoms with van der Waals surface area (Å²) in [5.41, 5.74) is 5.95. The summed E-state index contributed by atoms with van der Waals surface area (Å²) in [6.45, 7) is 4.27. The van der Waals surface area contributed by atoms with Crippen molar-refractivity contribution in [3.8, 4) is 0 Å². The fraction of sp³-hybridized carbons (Fsp3) is 0.778. The van der Waals surface area contributed by atoms with Crippen LogP contribution in [-0.4, -0.2) is 17.2 Å². The van der Waals surface area contributed by atoms with Crippen LogP contribution in [0.2, 0.25) is 0 Å². The van der Waals surface area contributed by atoms with Crippen LogP contribution in [0.5, 0.6) is 0 Å². The Morgan fingerprint density at radius 3 is 2.48 bits per heavy atom. The van der Waals surface area contributed by atoms with E-state index >= 15 is 0 Å². The van der Waals surface area contributed by atoms with E-state index in [0.29, 0.717) is 6.17 Å². The van der Waals surface area contributed by atoms with E-state index in [4.69, 9.17) is 5.73 Å². The second-order valence-electron chi connectivity index (χ2n) is 6.14. The molecule has 1 heterocycles. The Morgan fingerprint density at radius 1 is 1.10 bits per heavy atom. The maximum Gasteiger partial charge on any atom is 0.0995 e. The Labute approximate surface area is 131 Å². The van der Waals surface area contributed by atoms with Crippen molar-refractivity contribution in [1.82, 2.24) is 10.2 Å². The average molecular weight is 293 g/mol. The standard InChI is InChI=1S/C18H35N3/c1-3-4-5-6-7-8-9-10-11-12-13-14-18-20-15-16-21(18)17(2)19/h5-6,15-18,20H,3-4,7-14,19H2,1-2H3/b6-5+. The molecule has 0 fully saturated rings. The van der Waals surface area contributed by atoms with Gasteiger partial charge < -0.3 is 16.0 Å². The second kappa shape index (κ2) is 11.7. The van der Waals surface area contributed by atoms with Crippen molar-refractivity contribution in [3.63, 3.8) is 0 Å². The second-order valence-corrected chi connectivity index (χ2v) is 6.14. The Hall–Kier alpha value is -0.960. The number of nitrogens with zero attached hydrogens (tertiary/aromatic N) is 1. The minimum Gasteiger partial charge on any atom is -0.370 e. The smallest absolute Gasteiger partial charge is 0.0995 e. The molecule has 1 aliphatic heterocycles. The van der Waals surface area contributed by atoms with Crippen LogP contribution in [0.1, 0.15) is 78.1 Å². The zero-order valence-corrected chi connectivity index (χ0v) is 14.1. The predicted molar refractivity (Wildman–Crippen MR) is 92.5 cm³/mol. The number of rotatable bonds is 12. The molecule has 122 valence electrons. The van der Waals surface area contributed by atoms with Gasteiger partial charge in [-0.1, -0.05) is 51.2 Å². The summed E-state index contributed by atoms with van der Waals surface area (Å²) >= 11 is 0. The highest BCUT2D eigenvalue weighted by Gasteiger charge is 2.20. The van der Waals surface area contributed by atoms with Gasteiger partial charge in [-0.15, -0.1) is 0 Å². The summed E-state index contributed by atoms with van der Waals surface area (Å²) in [5, 5.41) is 3.38. The molecular formula is C18H35N3. The van der Waals surface area contributed by atoms with Crippen LogP contribution < -0.4 is 11.1 Å². The minimum absolute atomic E-state index is 0.0991. The molecule has 0 aliphatic carbocycles. The maximum absolute atomic E-state index is 5.95. The monoisotopic (exact) mass is 293 g/mol. The fourth-order valence-corrected chi connectivity index (χ4v) is 2.79. The summed E-state index contributed by atoms with van der Waals surface area (Å²) in [7, 11) is 0. The molecule has 3 heteroatoms. The Morgan fingerprint density at radius 2 is 1.76 bits per heavy atom. The molecule has 0 saturated carbocycles. The molecule has 0 saturated heterocycles. The first-order valence-corrected chi connectivity index (χ1v) is 8.86. The fourth-order valence-electron chi connectivity index (χ4n) is 2.79. The SMILES string of the molecule is CCC/C=C/CCCCCCCCC1NC=CN1C(C)N. The van der Waals surface area contributed by atoms with Gasteiger partial charge in [-0.25, -0.2) is 0 Å². The zero-order valence-electron chi connectivity index (χ0n) is 14.1. The molecule has 0 aromatic heterocycles. The van der Waals surface area contributed by atoms with E-state index in [2.05, 4.69) is 35.5 Å². The topological polar surface area (TPSA) is 41.3 Å². The highest BCUT2D eigenvalue weighted by molar-refractivity contribution is 4.95. The third-order valence-corrected chi connectivity index (χ3v) is 4.09. The lowest BCUT2D eigenvalue weighted by atomic mass is 10.1. The molecular weight excluding hydrogens is 258 g/mol. The van der Waals surface area contributed by atoms with Crippen molar-refractivity contribution >= 4 is 0 Å². The molecule has 3 nitrogen and oxygen atoms in total. The lowest BCUT2D eigenvalue weighted by Gasteiger charge is -2.28. The van der Waals surface area contributed by atoms with Crippen LogP contribution in [0.3, 0.4) is 0 Å². The summed E-state index contributed by atoms with van der Waals surface area (Å²) in [6, 6.07) is 0. The van der Waals surface area contributed by atoms with Crippen LogP contribution in [0, 0.1) is 0 Å². The van der Waals surface area contributed by atoms with Crippen molar-refractivity contribution in [3.05, 3.63) is 24.6 Å².